The van der Waals surface area contributed by atoms with Crippen LogP contribution in [0.25, 0.3) is 0 Å². The summed E-state index contributed by atoms with van der Waals surface area (Å²) in [4.78, 5) is 35.5. The lowest BCUT2D eigenvalue weighted by Gasteiger charge is -2.24. The lowest BCUT2D eigenvalue weighted by molar-refractivity contribution is -0.870. The van der Waals surface area contributed by atoms with Crippen molar-refractivity contribution in [1.29, 1.82) is 0 Å². The molecule has 11 nitrogen and oxygen atoms in total. The second kappa shape index (κ2) is 42.5. The van der Waals surface area contributed by atoms with Crippen LogP contribution in [-0.2, 0) is 32.7 Å². The molecule has 0 saturated carbocycles. The number of carbonyl (C=O) groups excluding carboxylic acids is 2. The number of hydrogen-bond acceptors (Lipinski definition) is 9. The molecule has 0 amide bonds. The number of phosphoric acid groups is 1. The summed E-state index contributed by atoms with van der Waals surface area (Å²) in [5.74, 6) is -0.978. The van der Waals surface area contributed by atoms with Gasteiger partial charge in [0.15, 0.2) is 6.10 Å². The molecule has 3 N–H and O–H groups in total. The molecule has 0 rings (SSSR count). The molecule has 12 heteroatoms. The van der Waals surface area contributed by atoms with Crippen molar-refractivity contribution in [2.24, 2.45) is 0 Å². The molecule has 0 radical (unpaired) electrons. The average molecular weight is 919 g/mol. The number of aliphatic hydroxyl groups excluding tert-OH is 2. The highest BCUT2D eigenvalue weighted by Gasteiger charge is 2.27. The van der Waals surface area contributed by atoms with Gasteiger partial charge in [-0.1, -0.05) is 169 Å². The Balaban J connectivity index is 4.54. The van der Waals surface area contributed by atoms with Crippen molar-refractivity contribution in [2.45, 2.75) is 173 Å². The fourth-order valence-electron chi connectivity index (χ4n) is 5.95. The molecule has 64 heavy (non-hydrogen) atoms. The Bertz CT molecular complexity index is 1440. The molecule has 366 valence electrons. The number of unbranched alkanes of at least 4 members (excludes halogenated alkanes) is 12. The first-order valence-electron chi connectivity index (χ1n) is 24.2. The molecular weight excluding hydrogens is 830 g/mol. The molecule has 4 atom stereocenters. The maximum atomic E-state index is 12.7. The first kappa shape index (κ1) is 60.9. The number of ether oxygens (including phenoxy) is 2. The molecule has 0 bridgehead atoms. The number of esters is 2. The number of likely N-dealkylation sites (N-methyl/N-ethyl adjacent to an activating group) is 1. The summed E-state index contributed by atoms with van der Waals surface area (Å²) in [6, 6.07) is 0. The molecule has 0 spiro atoms. The van der Waals surface area contributed by atoms with Gasteiger partial charge in [-0.05, 0) is 70.6 Å². The summed E-state index contributed by atoms with van der Waals surface area (Å²) in [5.41, 5.74) is 0. The maximum absolute atomic E-state index is 12.7. The van der Waals surface area contributed by atoms with E-state index in [4.69, 9.17) is 18.5 Å². The summed E-state index contributed by atoms with van der Waals surface area (Å²) in [6.45, 7) is 3.98. The Labute approximate surface area is 389 Å². The van der Waals surface area contributed by atoms with Crippen LogP contribution in [0.3, 0.4) is 0 Å². The minimum atomic E-state index is -4.43. The third kappa shape index (κ3) is 45.4. The smallest absolute Gasteiger partial charge is 0.462 e. The Morgan fingerprint density at radius 3 is 1.66 bits per heavy atom. The van der Waals surface area contributed by atoms with Gasteiger partial charge in [0.25, 0.3) is 0 Å². The molecule has 0 aliphatic carbocycles. The number of quaternary nitrogens is 1. The molecular formula is C52H89NO10P+. The van der Waals surface area contributed by atoms with Crippen LogP contribution in [0.1, 0.15) is 155 Å². The number of hydrogen-bond donors (Lipinski definition) is 3. The van der Waals surface area contributed by atoms with Crippen LogP contribution in [0.5, 0.6) is 0 Å². The highest BCUT2D eigenvalue weighted by atomic mass is 31.2. The first-order chi connectivity index (χ1) is 30.8. The lowest BCUT2D eigenvalue weighted by atomic mass is 10.1. The van der Waals surface area contributed by atoms with Crippen LogP contribution < -0.4 is 0 Å². The zero-order valence-corrected chi connectivity index (χ0v) is 41.3. The summed E-state index contributed by atoms with van der Waals surface area (Å²) in [6.07, 6.45) is 49.6. The summed E-state index contributed by atoms with van der Waals surface area (Å²) < 4.78 is 34.2. The standard InChI is InChI=1S/C52H88NO10P/c1-6-8-10-11-12-13-14-15-16-17-18-19-20-21-22-23-24-29-37-43-52(57)63-50(47-62-64(58,59)61-45-44-53(3,4)5)46-60-51(56)42-36-28-26-25-27-33-39-49(55)41-35-31-30-34-40-48(54)38-32-9-7-2/h9,12-13,15-16,26-28,30-35,40-41,48-50,54-55H,6-8,10-11,14,17-25,29,36-39,42-47H2,1-5H3/p+1/b13-12-,16-15-,28-26-,31-30-,32-9-,33-27-,40-34+,41-35+/t48-,49+,50-/m1/s1. The highest BCUT2D eigenvalue weighted by Crippen LogP contribution is 2.43. The van der Waals surface area contributed by atoms with E-state index in [1.807, 2.05) is 57.6 Å². The van der Waals surface area contributed by atoms with E-state index in [0.29, 0.717) is 43.1 Å². The van der Waals surface area contributed by atoms with Crippen molar-refractivity contribution in [2.75, 3.05) is 47.5 Å². The predicted octanol–water partition coefficient (Wildman–Crippen LogP) is 12.1. The minimum Gasteiger partial charge on any atom is -0.462 e. The molecule has 0 aliphatic rings. The molecule has 0 saturated heterocycles. The van der Waals surface area contributed by atoms with Crippen molar-refractivity contribution in [3.05, 3.63) is 97.2 Å². The van der Waals surface area contributed by atoms with Crippen molar-refractivity contribution < 1.29 is 52.3 Å². The van der Waals surface area contributed by atoms with Gasteiger partial charge in [-0.25, -0.2) is 4.57 Å². The van der Waals surface area contributed by atoms with Crippen LogP contribution >= 0.6 is 7.82 Å². The van der Waals surface area contributed by atoms with Gasteiger partial charge in [-0.15, -0.1) is 0 Å². The normalized spacial score (nSPS) is 15.3. The van der Waals surface area contributed by atoms with E-state index in [1.54, 1.807) is 36.5 Å². The van der Waals surface area contributed by atoms with Gasteiger partial charge in [-0.3, -0.25) is 18.6 Å². The molecule has 1 unspecified atom stereocenters. The zero-order valence-electron chi connectivity index (χ0n) is 40.4. The molecule has 0 aliphatic heterocycles. The zero-order chi connectivity index (χ0) is 47.4. The van der Waals surface area contributed by atoms with E-state index in [0.717, 1.165) is 38.5 Å². The van der Waals surface area contributed by atoms with Crippen molar-refractivity contribution in [3.8, 4) is 0 Å². The maximum Gasteiger partial charge on any atom is 0.472 e. The minimum absolute atomic E-state index is 0.00382. The number of rotatable bonds is 42. The van der Waals surface area contributed by atoms with E-state index in [-0.39, 0.29) is 26.1 Å². The Kier molecular flexibility index (Phi) is 40.4. The van der Waals surface area contributed by atoms with E-state index in [1.165, 1.54) is 57.8 Å². The monoisotopic (exact) mass is 919 g/mol. The fourth-order valence-corrected chi connectivity index (χ4v) is 6.69. The SMILES string of the molecule is CC/C=C\C[C@@H](O)/C=C/C=C\C=C\[C@@H](O)C/C=C\C/C=C\CCC(=O)OC[C@H](COP(=O)(O)OCC[N+](C)(C)C)OC(=O)CCCCCCCCCCC/C=C\C/C=C\CCCCC. The van der Waals surface area contributed by atoms with Gasteiger partial charge < -0.3 is 29.1 Å². The summed E-state index contributed by atoms with van der Waals surface area (Å²) in [7, 11) is 1.36. The second-order valence-electron chi connectivity index (χ2n) is 17.2. The van der Waals surface area contributed by atoms with Gasteiger partial charge in [0.2, 0.25) is 0 Å². The Morgan fingerprint density at radius 2 is 1.09 bits per heavy atom. The first-order valence-corrected chi connectivity index (χ1v) is 25.7. The van der Waals surface area contributed by atoms with E-state index < -0.39 is 44.7 Å². The van der Waals surface area contributed by atoms with E-state index in [2.05, 4.69) is 38.2 Å². The van der Waals surface area contributed by atoms with Crippen molar-refractivity contribution in [1.82, 2.24) is 0 Å². The average Bonchev–Trinajstić information content (AvgIpc) is 3.24. The number of nitrogens with zero attached hydrogens (tertiary/aromatic N) is 1. The largest absolute Gasteiger partial charge is 0.472 e. The molecule has 0 aromatic heterocycles. The highest BCUT2D eigenvalue weighted by molar-refractivity contribution is 7.47. The Hall–Kier alpha value is -3.15. The molecule has 0 fully saturated rings. The topological polar surface area (TPSA) is 149 Å². The van der Waals surface area contributed by atoms with Crippen LogP contribution in [0, 0.1) is 0 Å². The van der Waals surface area contributed by atoms with Gasteiger partial charge >= 0.3 is 19.8 Å². The quantitative estimate of drug-likeness (QED) is 0.0135. The van der Waals surface area contributed by atoms with Crippen LogP contribution in [0.2, 0.25) is 0 Å². The van der Waals surface area contributed by atoms with Gasteiger partial charge in [0.05, 0.1) is 40.0 Å². The summed E-state index contributed by atoms with van der Waals surface area (Å²) >= 11 is 0. The number of allylic oxidation sites excluding steroid dienone is 12. The van der Waals surface area contributed by atoms with Crippen LogP contribution in [0.4, 0.5) is 0 Å². The third-order valence-electron chi connectivity index (χ3n) is 9.78. The number of phosphoric ester groups is 1. The second-order valence-corrected chi connectivity index (χ2v) is 18.6. The molecule has 0 heterocycles. The predicted molar refractivity (Wildman–Crippen MR) is 264 cm³/mol. The lowest BCUT2D eigenvalue weighted by Crippen LogP contribution is -2.37. The van der Waals surface area contributed by atoms with Gasteiger partial charge in [0, 0.05) is 12.8 Å². The van der Waals surface area contributed by atoms with E-state index in [9.17, 15) is 29.3 Å². The number of aliphatic hydroxyl groups is 2. The third-order valence-corrected chi connectivity index (χ3v) is 10.8. The van der Waals surface area contributed by atoms with Crippen LogP contribution in [0.15, 0.2) is 97.2 Å². The number of carbonyl (C=O) groups is 2. The van der Waals surface area contributed by atoms with Gasteiger partial charge in [0.1, 0.15) is 19.8 Å². The van der Waals surface area contributed by atoms with Gasteiger partial charge in [-0.2, -0.15) is 0 Å². The van der Waals surface area contributed by atoms with E-state index >= 15 is 0 Å². The van der Waals surface area contributed by atoms with Crippen molar-refractivity contribution >= 4 is 19.8 Å². The molecule has 0 aromatic carbocycles. The fraction of sp³-hybridized carbons (Fsp3) is 0.654. The summed E-state index contributed by atoms with van der Waals surface area (Å²) in [5, 5.41) is 20.0. The van der Waals surface area contributed by atoms with Crippen LogP contribution in [-0.4, -0.2) is 97.3 Å². The van der Waals surface area contributed by atoms with Crippen molar-refractivity contribution in [3.63, 3.8) is 0 Å². The Morgan fingerprint density at radius 1 is 0.578 bits per heavy atom. The molecule has 0 aromatic rings.